The molecule has 35 heavy (non-hydrogen) atoms. The minimum Gasteiger partial charge on any atom is -0.481 e. The average Bonchev–Trinajstić information content (AvgIpc) is 3.10. The van der Waals surface area contributed by atoms with Gasteiger partial charge in [-0.1, -0.05) is 76.2 Å². The molecule has 0 heterocycles. The minimum atomic E-state index is -0.940. The first-order valence-corrected chi connectivity index (χ1v) is 12.2. The standard InChI is InChI=1S/C28H36N2O5/c1-16(2)24(14-25(31)29-18(5)26(17(3)4)27(32)33)30-28(34)35-15-23-21-12-8-6-10-19(21)20-11-7-9-13-22(20)23/h6-13,16-18,23-24,26H,14-15H2,1-5H3,(H,29,31)(H,30,34)(H,32,33)/t18?,24-,26?/m1/s1. The summed E-state index contributed by atoms with van der Waals surface area (Å²) >= 11 is 0. The van der Waals surface area contributed by atoms with E-state index in [-0.39, 0.29) is 36.7 Å². The van der Waals surface area contributed by atoms with E-state index in [0.29, 0.717) is 0 Å². The monoisotopic (exact) mass is 480 g/mol. The summed E-state index contributed by atoms with van der Waals surface area (Å²) in [5.41, 5.74) is 4.58. The molecule has 0 saturated carbocycles. The predicted octanol–water partition coefficient (Wildman–Crippen LogP) is 4.80. The van der Waals surface area contributed by atoms with Gasteiger partial charge < -0.3 is 20.5 Å². The first kappa shape index (κ1) is 26.3. The highest BCUT2D eigenvalue weighted by molar-refractivity contribution is 5.80. The van der Waals surface area contributed by atoms with Crippen molar-refractivity contribution in [1.29, 1.82) is 0 Å². The number of amides is 2. The zero-order valence-corrected chi connectivity index (χ0v) is 21.1. The van der Waals surface area contributed by atoms with Gasteiger partial charge in [0.2, 0.25) is 5.91 Å². The van der Waals surface area contributed by atoms with E-state index in [4.69, 9.17) is 4.74 Å². The van der Waals surface area contributed by atoms with E-state index >= 15 is 0 Å². The third-order valence-electron chi connectivity index (χ3n) is 6.79. The van der Waals surface area contributed by atoms with Crippen LogP contribution in [0.4, 0.5) is 4.79 Å². The second kappa shape index (κ2) is 11.4. The Kier molecular flexibility index (Phi) is 8.54. The van der Waals surface area contributed by atoms with Gasteiger partial charge in [0.1, 0.15) is 6.61 Å². The molecule has 2 unspecified atom stereocenters. The van der Waals surface area contributed by atoms with Crippen LogP contribution >= 0.6 is 0 Å². The van der Waals surface area contributed by atoms with Crippen LogP contribution < -0.4 is 10.6 Å². The lowest BCUT2D eigenvalue weighted by atomic mass is 9.89. The van der Waals surface area contributed by atoms with Crippen LogP contribution in [-0.4, -0.2) is 41.8 Å². The lowest BCUT2D eigenvalue weighted by Gasteiger charge is -2.26. The average molecular weight is 481 g/mol. The van der Waals surface area contributed by atoms with Crippen molar-refractivity contribution in [3.05, 3.63) is 59.7 Å². The molecule has 2 amide bonds. The maximum Gasteiger partial charge on any atom is 0.407 e. The summed E-state index contributed by atoms with van der Waals surface area (Å²) in [7, 11) is 0. The first-order valence-electron chi connectivity index (χ1n) is 12.2. The summed E-state index contributed by atoms with van der Waals surface area (Å²) < 4.78 is 5.62. The quantitative estimate of drug-likeness (QED) is 0.453. The fraction of sp³-hybridized carbons (Fsp3) is 0.464. The van der Waals surface area contributed by atoms with Crippen LogP contribution in [0, 0.1) is 17.8 Å². The summed E-state index contributed by atoms with van der Waals surface area (Å²) in [5, 5.41) is 15.1. The Balaban J connectivity index is 1.59. The molecule has 1 aliphatic carbocycles. The highest BCUT2D eigenvalue weighted by Crippen LogP contribution is 2.44. The Hall–Kier alpha value is -3.35. The van der Waals surface area contributed by atoms with Crippen molar-refractivity contribution in [2.24, 2.45) is 17.8 Å². The molecule has 1 aliphatic rings. The van der Waals surface area contributed by atoms with Gasteiger partial charge >= 0.3 is 12.1 Å². The van der Waals surface area contributed by atoms with Crippen molar-refractivity contribution < 1.29 is 24.2 Å². The van der Waals surface area contributed by atoms with Crippen molar-refractivity contribution in [3.63, 3.8) is 0 Å². The van der Waals surface area contributed by atoms with Crippen LogP contribution in [0.2, 0.25) is 0 Å². The fourth-order valence-corrected chi connectivity index (χ4v) is 4.92. The number of nitrogens with one attached hydrogen (secondary N) is 2. The van der Waals surface area contributed by atoms with E-state index in [0.717, 1.165) is 22.3 Å². The summed E-state index contributed by atoms with van der Waals surface area (Å²) in [6.07, 6.45) is -0.534. The van der Waals surface area contributed by atoms with Crippen LogP contribution in [0.25, 0.3) is 11.1 Å². The molecule has 0 radical (unpaired) electrons. The highest BCUT2D eigenvalue weighted by Gasteiger charge is 2.31. The number of ether oxygens (including phenoxy) is 1. The van der Waals surface area contributed by atoms with E-state index in [2.05, 4.69) is 34.9 Å². The van der Waals surface area contributed by atoms with Gasteiger partial charge in [0.25, 0.3) is 0 Å². The van der Waals surface area contributed by atoms with Crippen molar-refractivity contribution in [2.45, 2.75) is 59.0 Å². The van der Waals surface area contributed by atoms with Crippen molar-refractivity contribution in [2.75, 3.05) is 6.61 Å². The molecule has 0 bridgehead atoms. The SMILES string of the molecule is CC(C)C(C(=O)O)C(C)NC(=O)C[C@@H](NC(=O)OCC1c2ccccc2-c2ccccc21)C(C)C. The van der Waals surface area contributed by atoms with Crippen molar-refractivity contribution >= 4 is 18.0 Å². The molecular formula is C28H36N2O5. The summed E-state index contributed by atoms with van der Waals surface area (Å²) in [5.74, 6) is -2.11. The molecule has 7 heteroatoms. The molecule has 2 aromatic carbocycles. The lowest BCUT2D eigenvalue weighted by molar-refractivity contribution is -0.144. The minimum absolute atomic E-state index is 0.0168. The van der Waals surface area contributed by atoms with Crippen molar-refractivity contribution in [1.82, 2.24) is 10.6 Å². The molecule has 3 rings (SSSR count). The van der Waals surface area contributed by atoms with E-state index in [9.17, 15) is 19.5 Å². The Morgan fingerprint density at radius 2 is 1.40 bits per heavy atom. The van der Waals surface area contributed by atoms with Crippen LogP contribution in [0.1, 0.15) is 58.1 Å². The summed E-state index contributed by atoms with van der Waals surface area (Å²) in [4.78, 5) is 36.9. The van der Waals surface area contributed by atoms with Crippen LogP contribution in [0.3, 0.4) is 0 Å². The predicted molar refractivity (Wildman–Crippen MR) is 135 cm³/mol. The Morgan fingerprint density at radius 3 is 1.89 bits per heavy atom. The van der Waals surface area contributed by atoms with E-state index in [1.807, 2.05) is 52.0 Å². The van der Waals surface area contributed by atoms with Crippen LogP contribution in [0.15, 0.2) is 48.5 Å². The third-order valence-corrected chi connectivity index (χ3v) is 6.79. The van der Waals surface area contributed by atoms with E-state index < -0.39 is 30.1 Å². The van der Waals surface area contributed by atoms with E-state index in [1.54, 1.807) is 6.92 Å². The van der Waals surface area contributed by atoms with Gasteiger partial charge in [-0.2, -0.15) is 0 Å². The number of carboxylic acids is 1. The Labute approximate surface area is 207 Å². The molecule has 3 N–H and O–H groups in total. The number of carbonyl (C=O) groups excluding carboxylic acids is 2. The molecule has 3 atom stereocenters. The first-order chi connectivity index (χ1) is 16.6. The van der Waals surface area contributed by atoms with Crippen molar-refractivity contribution in [3.8, 4) is 11.1 Å². The number of hydrogen-bond acceptors (Lipinski definition) is 4. The molecular weight excluding hydrogens is 444 g/mol. The second-order valence-electron chi connectivity index (χ2n) is 9.99. The molecule has 0 spiro atoms. The van der Waals surface area contributed by atoms with Gasteiger partial charge in [0.05, 0.1) is 5.92 Å². The highest BCUT2D eigenvalue weighted by atomic mass is 16.5. The third kappa shape index (κ3) is 6.21. The number of hydrogen-bond donors (Lipinski definition) is 3. The van der Waals surface area contributed by atoms with Gasteiger partial charge in [-0.3, -0.25) is 9.59 Å². The molecule has 7 nitrogen and oxygen atoms in total. The van der Waals surface area contributed by atoms with Gasteiger partial charge in [0.15, 0.2) is 0 Å². The molecule has 0 aromatic heterocycles. The van der Waals surface area contributed by atoms with E-state index in [1.165, 1.54) is 0 Å². The number of aliphatic carboxylic acids is 1. The zero-order valence-electron chi connectivity index (χ0n) is 21.1. The normalized spacial score (nSPS) is 15.2. The summed E-state index contributed by atoms with van der Waals surface area (Å²) in [6.45, 7) is 9.36. The molecule has 2 aromatic rings. The number of fused-ring (bicyclic) bond motifs is 3. The molecule has 188 valence electrons. The lowest BCUT2D eigenvalue weighted by Crippen LogP contribution is -2.47. The number of carboxylic acid groups (broad SMARTS) is 1. The second-order valence-corrected chi connectivity index (χ2v) is 9.99. The number of rotatable bonds is 10. The topological polar surface area (TPSA) is 105 Å². The fourth-order valence-electron chi connectivity index (χ4n) is 4.92. The summed E-state index contributed by atoms with van der Waals surface area (Å²) in [6, 6.07) is 15.3. The Morgan fingerprint density at radius 1 is 0.857 bits per heavy atom. The largest absolute Gasteiger partial charge is 0.481 e. The van der Waals surface area contributed by atoms with Gasteiger partial charge in [-0.25, -0.2) is 4.79 Å². The van der Waals surface area contributed by atoms with Gasteiger partial charge in [-0.05, 0) is 41.0 Å². The number of alkyl carbamates (subject to hydrolysis) is 1. The van der Waals surface area contributed by atoms with Gasteiger partial charge in [-0.15, -0.1) is 0 Å². The maximum atomic E-state index is 12.7. The molecule has 0 fully saturated rings. The maximum absolute atomic E-state index is 12.7. The molecule has 0 aliphatic heterocycles. The number of benzene rings is 2. The Bertz CT molecular complexity index is 1020. The number of carbonyl (C=O) groups is 3. The smallest absolute Gasteiger partial charge is 0.407 e. The zero-order chi connectivity index (χ0) is 25.7. The van der Waals surface area contributed by atoms with Crippen LogP contribution in [0.5, 0.6) is 0 Å². The van der Waals surface area contributed by atoms with Crippen LogP contribution in [-0.2, 0) is 14.3 Å². The van der Waals surface area contributed by atoms with Gasteiger partial charge in [0, 0.05) is 24.4 Å². The molecule has 0 saturated heterocycles.